The monoisotopic (exact) mass is 273 g/mol. The molecular weight excluding hydrogens is 257 g/mol. The number of halogens is 1. The summed E-state index contributed by atoms with van der Waals surface area (Å²) in [7, 11) is 1.56. The number of anilines is 1. The first-order valence-electron chi connectivity index (χ1n) is 6.30. The number of amides is 1. The molecule has 104 valence electrons. The number of nitrogens with zero attached hydrogens (tertiary/aromatic N) is 1. The van der Waals surface area contributed by atoms with E-state index in [0.717, 1.165) is 11.3 Å². The summed E-state index contributed by atoms with van der Waals surface area (Å²) in [6, 6.07) is 9.77. The number of carbonyl (C=O) groups is 1. The van der Waals surface area contributed by atoms with Gasteiger partial charge in [0.2, 0.25) is 0 Å². The quantitative estimate of drug-likeness (QED) is 0.900. The minimum Gasteiger partial charge on any atom is -0.378 e. The molecule has 5 heteroatoms. The van der Waals surface area contributed by atoms with Crippen LogP contribution in [0.25, 0.3) is 0 Å². The molecule has 0 aliphatic carbocycles. The molecular formula is C15H16FN3O. The summed E-state index contributed by atoms with van der Waals surface area (Å²) in [5.74, 6) is -0.491. The van der Waals surface area contributed by atoms with E-state index in [1.165, 1.54) is 12.1 Å². The highest BCUT2D eigenvalue weighted by molar-refractivity contribution is 5.92. The number of pyridine rings is 1. The first-order chi connectivity index (χ1) is 9.60. The summed E-state index contributed by atoms with van der Waals surface area (Å²) in [6.45, 7) is 1.97. The molecule has 1 unspecified atom stereocenters. The first-order valence-corrected chi connectivity index (χ1v) is 6.30. The van der Waals surface area contributed by atoms with Crippen molar-refractivity contribution in [1.82, 2.24) is 10.3 Å². The fourth-order valence-corrected chi connectivity index (χ4v) is 1.86. The molecule has 0 bridgehead atoms. The van der Waals surface area contributed by atoms with Crippen molar-refractivity contribution in [3.63, 3.8) is 0 Å². The number of carbonyl (C=O) groups excluding carboxylic acids is 1. The molecule has 2 rings (SSSR count). The van der Waals surface area contributed by atoms with Gasteiger partial charge in [0, 0.05) is 25.0 Å². The number of nitrogens with one attached hydrogen (secondary N) is 2. The van der Waals surface area contributed by atoms with Gasteiger partial charge in [-0.15, -0.1) is 0 Å². The van der Waals surface area contributed by atoms with Crippen LogP contribution in [0.2, 0.25) is 0 Å². The minimum atomic E-state index is -0.258. The van der Waals surface area contributed by atoms with Crippen molar-refractivity contribution in [3.05, 3.63) is 59.7 Å². The van der Waals surface area contributed by atoms with E-state index in [-0.39, 0.29) is 17.8 Å². The average molecular weight is 273 g/mol. The van der Waals surface area contributed by atoms with Gasteiger partial charge >= 0.3 is 0 Å². The largest absolute Gasteiger partial charge is 0.378 e. The van der Waals surface area contributed by atoms with Gasteiger partial charge in [-0.3, -0.25) is 9.78 Å². The normalized spacial score (nSPS) is 11.8. The molecule has 0 fully saturated rings. The molecule has 1 amide bonds. The molecule has 1 atom stereocenters. The van der Waals surface area contributed by atoms with Gasteiger partial charge in [0.05, 0.1) is 0 Å². The van der Waals surface area contributed by atoms with Gasteiger partial charge in [0.15, 0.2) is 0 Å². The molecule has 0 saturated carbocycles. The van der Waals surface area contributed by atoms with Crippen molar-refractivity contribution < 1.29 is 9.18 Å². The number of benzene rings is 1. The zero-order valence-corrected chi connectivity index (χ0v) is 11.4. The van der Waals surface area contributed by atoms with E-state index in [2.05, 4.69) is 15.6 Å². The van der Waals surface area contributed by atoms with Crippen molar-refractivity contribution in [2.45, 2.75) is 13.0 Å². The topological polar surface area (TPSA) is 54.0 Å². The van der Waals surface area contributed by atoms with Crippen molar-refractivity contribution in [2.75, 3.05) is 12.4 Å². The van der Waals surface area contributed by atoms with E-state index in [9.17, 15) is 9.18 Å². The lowest BCUT2D eigenvalue weighted by Crippen LogP contribution is -2.19. The Morgan fingerprint density at radius 2 is 1.95 bits per heavy atom. The first kappa shape index (κ1) is 14.0. The Kier molecular flexibility index (Phi) is 4.30. The van der Waals surface area contributed by atoms with Gasteiger partial charge in [-0.2, -0.15) is 0 Å². The maximum atomic E-state index is 12.9. The van der Waals surface area contributed by atoms with Gasteiger partial charge in [-0.1, -0.05) is 12.1 Å². The molecule has 0 spiro atoms. The van der Waals surface area contributed by atoms with Gasteiger partial charge in [-0.05, 0) is 36.8 Å². The van der Waals surface area contributed by atoms with Gasteiger partial charge in [0.1, 0.15) is 11.5 Å². The zero-order chi connectivity index (χ0) is 14.5. The predicted molar refractivity (Wildman–Crippen MR) is 76.1 cm³/mol. The number of rotatable bonds is 4. The van der Waals surface area contributed by atoms with Crippen molar-refractivity contribution in [1.29, 1.82) is 0 Å². The molecule has 1 aromatic heterocycles. The van der Waals surface area contributed by atoms with Crippen LogP contribution in [0.1, 0.15) is 29.0 Å². The maximum absolute atomic E-state index is 12.9. The Bertz CT molecular complexity index is 598. The van der Waals surface area contributed by atoms with Crippen LogP contribution in [0.5, 0.6) is 0 Å². The number of hydrogen-bond acceptors (Lipinski definition) is 3. The maximum Gasteiger partial charge on any atom is 0.269 e. The molecule has 2 N–H and O–H groups in total. The summed E-state index contributed by atoms with van der Waals surface area (Å²) in [6.07, 6.45) is 1.57. The zero-order valence-electron chi connectivity index (χ0n) is 11.4. The summed E-state index contributed by atoms with van der Waals surface area (Å²) in [4.78, 5) is 15.5. The van der Waals surface area contributed by atoms with Crippen LogP contribution in [0, 0.1) is 5.82 Å². The average Bonchev–Trinajstić information content (AvgIpc) is 2.47. The van der Waals surface area contributed by atoms with Crippen LogP contribution in [-0.4, -0.2) is 17.9 Å². The minimum absolute atomic E-state index is 0.00413. The Labute approximate surface area is 117 Å². The molecule has 0 aliphatic rings. The second kappa shape index (κ2) is 6.14. The number of aromatic nitrogens is 1. The molecule has 2 aromatic rings. The van der Waals surface area contributed by atoms with Crippen LogP contribution < -0.4 is 10.6 Å². The Morgan fingerprint density at radius 3 is 2.60 bits per heavy atom. The predicted octanol–water partition coefficient (Wildman–Crippen LogP) is 2.75. The SMILES string of the molecule is CNC(=O)c1cc(NC(C)c2ccc(F)cc2)ccn1. The van der Waals surface area contributed by atoms with E-state index in [4.69, 9.17) is 0 Å². The van der Waals surface area contributed by atoms with Crippen LogP contribution in [0.15, 0.2) is 42.6 Å². The van der Waals surface area contributed by atoms with Crippen LogP contribution in [0.4, 0.5) is 10.1 Å². The van der Waals surface area contributed by atoms with E-state index < -0.39 is 0 Å². The van der Waals surface area contributed by atoms with E-state index >= 15 is 0 Å². The summed E-state index contributed by atoms with van der Waals surface area (Å²) >= 11 is 0. The van der Waals surface area contributed by atoms with Crippen molar-refractivity contribution in [3.8, 4) is 0 Å². The highest BCUT2D eigenvalue weighted by Crippen LogP contribution is 2.19. The van der Waals surface area contributed by atoms with Crippen LogP contribution in [-0.2, 0) is 0 Å². The summed E-state index contributed by atoms with van der Waals surface area (Å²) < 4.78 is 12.9. The van der Waals surface area contributed by atoms with E-state index in [1.54, 1.807) is 37.5 Å². The lowest BCUT2D eigenvalue weighted by atomic mass is 10.1. The van der Waals surface area contributed by atoms with Gasteiger partial charge < -0.3 is 10.6 Å². The standard InChI is InChI=1S/C15H16FN3O/c1-10(11-3-5-12(16)6-4-11)19-13-7-8-18-14(9-13)15(20)17-2/h3-10H,1-2H3,(H,17,20)(H,18,19). The van der Waals surface area contributed by atoms with Gasteiger partial charge in [-0.25, -0.2) is 4.39 Å². The van der Waals surface area contributed by atoms with Gasteiger partial charge in [0.25, 0.3) is 5.91 Å². The molecule has 0 aliphatic heterocycles. The van der Waals surface area contributed by atoms with Crippen LogP contribution >= 0.6 is 0 Å². The Morgan fingerprint density at radius 1 is 1.25 bits per heavy atom. The molecule has 1 heterocycles. The van der Waals surface area contributed by atoms with E-state index in [0.29, 0.717) is 5.69 Å². The second-order valence-corrected chi connectivity index (χ2v) is 4.43. The second-order valence-electron chi connectivity index (χ2n) is 4.43. The summed E-state index contributed by atoms with van der Waals surface area (Å²) in [5.41, 5.74) is 2.10. The third-order valence-electron chi connectivity index (χ3n) is 2.97. The highest BCUT2D eigenvalue weighted by Gasteiger charge is 2.08. The fourth-order valence-electron chi connectivity index (χ4n) is 1.86. The fraction of sp³-hybridized carbons (Fsp3) is 0.200. The van der Waals surface area contributed by atoms with Crippen LogP contribution in [0.3, 0.4) is 0 Å². The van der Waals surface area contributed by atoms with E-state index in [1.807, 2.05) is 6.92 Å². The molecule has 1 aromatic carbocycles. The highest BCUT2D eigenvalue weighted by atomic mass is 19.1. The smallest absolute Gasteiger partial charge is 0.269 e. The third kappa shape index (κ3) is 3.32. The molecule has 4 nitrogen and oxygen atoms in total. The summed E-state index contributed by atoms with van der Waals surface area (Å²) in [5, 5.41) is 5.78. The Balaban J connectivity index is 2.13. The lowest BCUT2D eigenvalue weighted by Gasteiger charge is -2.16. The number of hydrogen-bond donors (Lipinski definition) is 2. The molecule has 0 radical (unpaired) electrons. The molecule has 0 saturated heterocycles. The van der Waals surface area contributed by atoms with Crippen molar-refractivity contribution in [2.24, 2.45) is 0 Å². The Hall–Kier alpha value is -2.43. The lowest BCUT2D eigenvalue weighted by molar-refractivity contribution is 0.0958. The third-order valence-corrected chi connectivity index (χ3v) is 2.97. The molecule has 20 heavy (non-hydrogen) atoms. The van der Waals surface area contributed by atoms with Crippen molar-refractivity contribution >= 4 is 11.6 Å².